The Hall–Kier alpha value is -0.820. The van der Waals surface area contributed by atoms with E-state index in [4.69, 9.17) is 0 Å². The summed E-state index contributed by atoms with van der Waals surface area (Å²) >= 11 is 0. The molecule has 1 nitrogen and oxygen atoms in total. The van der Waals surface area contributed by atoms with Crippen LogP contribution in [0.15, 0.2) is 36.5 Å². The maximum atomic E-state index is 3.82. The molecule has 0 radical (unpaired) electrons. The Balaban J connectivity index is 4.18. The van der Waals surface area contributed by atoms with Gasteiger partial charge in [0.15, 0.2) is 0 Å². The lowest BCUT2D eigenvalue weighted by Crippen LogP contribution is -2.29. The lowest BCUT2D eigenvalue weighted by Gasteiger charge is -2.23. The van der Waals surface area contributed by atoms with Crippen molar-refractivity contribution in [3.05, 3.63) is 36.5 Å². The Kier molecular flexibility index (Phi) is 12.6. The zero-order chi connectivity index (χ0) is 15.2. The first-order chi connectivity index (χ1) is 9.63. The first-order valence-corrected chi connectivity index (χ1v) is 8.34. The van der Waals surface area contributed by atoms with Crippen LogP contribution in [0.4, 0.5) is 0 Å². The smallest absolute Gasteiger partial charge is 0.000438 e. The van der Waals surface area contributed by atoms with Gasteiger partial charge in [0.2, 0.25) is 0 Å². The summed E-state index contributed by atoms with van der Waals surface area (Å²) in [7, 11) is 0. The minimum absolute atomic E-state index is 0.759. The quantitative estimate of drug-likeness (QED) is 0.419. The van der Waals surface area contributed by atoms with E-state index in [2.05, 4.69) is 57.4 Å². The van der Waals surface area contributed by atoms with E-state index < -0.39 is 0 Å². The highest BCUT2D eigenvalue weighted by molar-refractivity contribution is 5.22. The van der Waals surface area contributed by atoms with Crippen molar-refractivity contribution in [2.75, 3.05) is 19.6 Å². The highest BCUT2D eigenvalue weighted by Crippen LogP contribution is 2.10. The third-order valence-electron chi connectivity index (χ3n) is 3.22. The molecule has 0 saturated carbocycles. The van der Waals surface area contributed by atoms with E-state index in [0.717, 1.165) is 12.3 Å². The monoisotopic (exact) mass is 277 g/mol. The van der Waals surface area contributed by atoms with Crippen LogP contribution in [0.1, 0.15) is 59.8 Å². The molecule has 0 aromatic carbocycles. The average Bonchev–Trinajstić information content (AvgIpc) is 2.38. The molecule has 0 unspecified atom stereocenters. The topological polar surface area (TPSA) is 3.24 Å². The van der Waals surface area contributed by atoms with E-state index in [1.165, 1.54) is 50.9 Å². The molecular weight excluding hydrogens is 242 g/mol. The number of allylic oxidation sites excluding steroid dienone is 5. The number of rotatable bonds is 12. The molecule has 0 N–H and O–H groups in total. The summed E-state index contributed by atoms with van der Waals surface area (Å²) in [6.45, 7) is 16.6. The summed E-state index contributed by atoms with van der Waals surface area (Å²) in [4.78, 5) is 2.60. The van der Waals surface area contributed by atoms with Crippen molar-refractivity contribution in [1.82, 2.24) is 4.90 Å². The molecule has 0 bridgehead atoms. The Morgan fingerprint density at radius 3 is 2.45 bits per heavy atom. The lowest BCUT2D eigenvalue weighted by atomic mass is 10.1. The first-order valence-electron chi connectivity index (χ1n) is 8.34. The molecule has 0 aliphatic carbocycles. The minimum atomic E-state index is 0.759. The number of hydrogen-bond acceptors (Lipinski definition) is 1. The molecule has 0 aromatic rings. The average molecular weight is 277 g/mol. The summed E-state index contributed by atoms with van der Waals surface area (Å²) in [5, 5.41) is 0. The fourth-order valence-corrected chi connectivity index (χ4v) is 2.41. The predicted octanol–water partition coefficient (Wildman–Crippen LogP) is 5.60. The first kappa shape index (κ1) is 19.2. The molecule has 0 heterocycles. The van der Waals surface area contributed by atoms with E-state index in [-0.39, 0.29) is 0 Å². The number of nitrogens with zero attached hydrogens (tertiary/aromatic N) is 1. The van der Waals surface area contributed by atoms with Gasteiger partial charge < -0.3 is 4.90 Å². The second-order valence-electron chi connectivity index (χ2n) is 5.97. The molecule has 0 atom stereocenters. The van der Waals surface area contributed by atoms with Crippen molar-refractivity contribution in [2.24, 2.45) is 5.92 Å². The molecule has 1 heteroatoms. The zero-order valence-electron chi connectivity index (χ0n) is 14.2. The van der Waals surface area contributed by atoms with Crippen LogP contribution in [-0.4, -0.2) is 24.5 Å². The Morgan fingerprint density at radius 2 is 1.90 bits per heavy atom. The van der Waals surface area contributed by atoms with Crippen molar-refractivity contribution in [3.63, 3.8) is 0 Å². The van der Waals surface area contributed by atoms with Crippen LogP contribution in [0.25, 0.3) is 0 Å². The van der Waals surface area contributed by atoms with E-state index >= 15 is 0 Å². The van der Waals surface area contributed by atoms with Crippen molar-refractivity contribution < 1.29 is 0 Å². The highest BCUT2D eigenvalue weighted by atomic mass is 15.1. The fraction of sp³-hybridized carbons (Fsp3) is 0.684. The fourth-order valence-electron chi connectivity index (χ4n) is 2.41. The summed E-state index contributed by atoms with van der Waals surface area (Å²) in [5.74, 6) is 0.759. The largest absolute Gasteiger partial charge is 0.303 e. The molecule has 0 aliphatic heterocycles. The molecule has 0 saturated heterocycles. The van der Waals surface area contributed by atoms with Gasteiger partial charge in [-0.2, -0.15) is 0 Å². The standard InChI is InChI=1S/C19H35N/c1-6-9-10-13-19(12-7-2)14-11-16-20(15-8-3)17-18(4)5/h7,10,12-13,18H,2,6,8-9,11,14-17H2,1,3-5H3/b13-10-,19-12+. The van der Waals surface area contributed by atoms with Gasteiger partial charge in [-0.1, -0.05) is 65.0 Å². The molecule has 0 amide bonds. The highest BCUT2D eigenvalue weighted by Gasteiger charge is 2.06. The molecule has 0 spiro atoms. The Bertz CT molecular complexity index is 286. The lowest BCUT2D eigenvalue weighted by molar-refractivity contribution is 0.242. The second-order valence-corrected chi connectivity index (χ2v) is 5.97. The van der Waals surface area contributed by atoms with E-state index in [9.17, 15) is 0 Å². The van der Waals surface area contributed by atoms with Crippen LogP contribution >= 0.6 is 0 Å². The van der Waals surface area contributed by atoms with Gasteiger partial charge in [-0.25, -0.2) is 0 Å². The normalized spacial score (nSPS) is 12.8. The van der Waals surface area contributed by atoms with E-state index in [1.807, 2.05) is 6.08 Å². The molecule has 20 heavy (non-hydrogen) atoms. The SMILES string of the molecule is C=C/C=C(\C=C/CCC)CCCN(CCC)CC(C)C. The van der Waals surface area contributed by atoms with Crippen molar-refractivity contribution in [3.8, 4) is 0 Å². The Labute approximate surface area is 127 Å². The van der Waals surface area contributed by atoms with E-state index in [0.29, 0.717) is 0 Å². The summed E-state index contributed by atoms with van der Waals surface area (Å²) in [6, 6.07) is 0. The van der Waals surface area contributed by atoms with Crippen molar-refractivity contribution >= 4 is 0 Å². The van der Waals surface area contributed by atoms with Crippen molar-refractivity contribution in [2.45, 2.75) is 59.8 Å². The van der Waals surface area contributed by atoms with Gasteiger partial charge in [0, 0.05) is 6.54 Å². The van der Waals surface area contributed by atoms with Gasteiger partial charge in [-0.3, -0.25) is 0 Å². The van der Waals surface area contributed by atoms with Crippen LogP contribution in [0.2, 0.25) is 0 Å². The maximum Gasteiger partial charge on any atom is 0.000438 e. The minimum Gasteiger partial charge on any atom is -0.303 e. The number of hydrogen-bond donors (Lipinski definition) is 0. The molecule has 0 rings (SSSR count). The molecule has 0 fully saturated rings. The van der Waals surface area contributed by atoms with E-state index in [1.54, 1.807) is 0 Å². The summed E-state index contributed by atoms with van der Waals surface area (Å²) < 4.78 is 0. The van der Waals surface area contributed by atoms with Gasteiger partial charge in [0.1, 0.15) is 0 Å². The molecule has 0 aliphatic rings. The van der Waals surface area contributed by atoms with Crippen LogP contribution in [0, 0.1) is 5.92 Å². The van der Waals surface area contributed by atoms with Gasteiger partial charge in [0.25, 0.3) is 0 Å². The van der Waals surface area contributed by atoms with Crippen LogP contribution < -0.4 is 0 Å². The third-order valence-corrected chi connectivity index (χ3v) is 3.22. The van der Waals surface area contributed by atoms with Gasteiger partial charge in [-0.05, 0) is 50.3 Å². The van der Waals surface area contributed by atoms with Gasteiger partial charge >= 0.3 is 0 Å². The summed E-state index contributed by atoms with van der Waals surface area (Å²) in [6.07, 6.45) is 14.7. The van der Waals surface area contributed by atoms with Gasteiger partial charge in [-0.15, -0.1) is 0 Å². The molecule has 116 valence electrons. The summed E-state index contributed by atoms with van der Waals surface area (Å²) in [5.41, 5.74) is 1.41. The molecule has 0 aromatic heterocycles. The predicted molar refractivity (Wildman–Crippen MR) is 93.1 cm³/mol. The van der Waals surface area contributed by atoms with Gasteiger partial charge in [0.05, 0.1) is 0 Å². The maximum absolute atomic E-state index is 3.82. The third kappa shape index (κ3) is 11.0. The van der Waals surface area contributed by atoms with Crippen LogP contribution in [0.3, 0.4) is 0 Å². The zero-order valence-corrected chi connectivity index (χ0v) is 14.2. The van der Waals surface area contributed by atoms with Crippen molar-refractivity contribution in [1.29, 1.82) is 0 Å². The van der Waals surface area contributed by atoms with Crippen LogP contribution in [-0.2, 0) is 0 Å². The number of unbranched alkanes of at least 4 members (excludes halogenated alkanes) is 1. The second kappa shape index (κ2) is 13.2. The molecular formula is C19H35N. The Morgan fingerprint density at radius 1 is 1.15 bits per heavy atom. The van der Waals surface area contributed by atoms with Crippen LogP contribution in [0.5, 0.6) is 0 Å².